The second kappa shape index (κ2) is 6.86. The molecule has 0 spiro atoms. The van der Waals surface area contributed by atoms with Crippen LogP contribution in [0.5, 0.6) is 0 Å². The number of piperidine rings is 1. The number of nitrogens with zero attached hydrogens (tertiary/aromatic N) is 1. The monoisotopic (exact) mass is 247 g/mol. The number of aromatic nitrogens is 1. The van der Waals surface area contributed by atoms with Gasteiger partial charge in [0.2, 0.25) is 0 Å². The first-order valence-corrected chi connectivity index (χ1v) is 7.12. The summed E-state index contributed by atoms with van der Waals surface area (Å²) in [7, 11) is 0. The van der Waals surface area contributed by atoms with E-state index >= 15 is 0 Å². The van der Waals surface area contributed by atoms with Crippen LogP contribution in [0.15, 0.2) is 18.5 Å². The van der Waals surface area contributed by atoms with Gasteiger partial charge in [0.25, 0.3) is 0 Å². The minimum absolute atomic E-state index is 0.556. The fourth-order valence-electron chi connectivity index (χ4n) is 2.60. The van der Waals surface area contributed by atoms with Gasteiger partial charge in [-0.05, 0) is 56.8 Å². The van der Waals surface area contributed by atoms with E-state index in [1.165, 1.54) is 43.4 Å². The summed E-state index contributed by atoms with van der Waals surface area (Å²) >= 11 is 0. The van der Waals surface area contributed by atoms with Gasteiger partial charge in [0.1, 0.15) is 0 Å². The Bertz CT molecular complexity index is 359. The van der Waals surface area contributed by atoms with Gasteiger partial charge in [-0.15, -0.1) is 0 Å². The second-order valence-corrected chi connectivity index (χ2v) is 5.47. The fourth-order valence-corrected chi connectivity index (χ4v) is 2.60. The quantitative estimate of drug-likeness (QED) is 0.839. The number of hydrogen-bond acceptors (Lipinski definition) is 3. The van der Waals surface area contributed by atoms with Crippen molar-refractivity contribution in [1.29, 1.82) is 0 Å². The summed E-state index contributed by atoms with van der Waals surface area (Å²) in [6, 6.07) is 3.33. The van der Waals surface area contributed by atoms with Crippen molar-refractivity contribution in [3.8, 4) is 0 Å². The van der Waals surface area contributed by atoms with Gasteiger partial charge in [-0.25, -0.2) is 0 Å². The number of hydrogen-bond donors (Lipinski definition) is 2. The van der Waals surface area contributed by atoms with Gasteiger partial charge < -0.3 is 10.6 Å². The molecule has 1 aliphatic heterocycles. The van der Waals surface area contributed by atoms with Crippen molar-refractivity contribution in [1.82, 2.24) is 15.6 Å². The summed E-state index contributed by atoms with van der Waals surface area (Å²) in [6.45, 7) is 6.54. The summed E-state index contributed by atoms with van der Waals surface area (Å²) in [5.41, 5.74) is 2.63. The molecule has 0 amide bonds. The number of rotatable bonds is 5. The van der Waals surface area contributed by atoms with Gasteiger partial charge in [-0.2, -0.15) is 0 Å². The molecule has 2 rings (SSSR count). The molecule has 2 heterocycles. The average Bonchev–Trinajstić information content (AvgIpc) is 2.39. The molecule has 18 heavy (non-hydrogen) atoms. The van der Waals surface area contributed by atoms with Crippen molar-refractivity contribution < 1.29 is 0 Å². The normalized spacial score (nSPS) is 21.8. The van der Waals surface area contributed by atoms with Crippen LogP contribution in [0.4, 0.5) is 0 Å². The van der Waals surface area contributed by atoms with E-state index in [1.54, 1.807) is 0 Å². The number of nitrogens with one attached hydrogen (secondary N) is 2. The molecule has 1 aliphatic rings. The summed E-state index contributed by atoms with van der Waals surface area (Å²) < 4.78 is 0. The molecule has 2 unspecified atom stereocenters. The molecule has 3 heteroatoms. The molecule has 2 N–H and O–H groups in total. The van der Waals surface area contributed by atoms with Crippen LogP contribution in [0.25, 0.3) is 0 Å². The Balaban J connectivity index is 1.74. The molecule has 3 nitrogen and oxygen atoms in total. The van der Waals surface area contributed by atoms with Gasteiger partial charge in [-0.1, -0.05) is 6.42 Å². The minimum atomic E-state index is 0.556. The Morgan fingerprint density at radius 3 is 3.11 bits per heavy atom. The molecule has 0 aromatic carbocycles. The van der Waals surface area contributed by atoms with Crippen molar-refractivity contribution in [2.24, 2.45) is 0 Å². The Labute approximate surface area is 110 Å². The highest BCUT2D eigenvalue weighted by Gasteiger charge is 2.15. The molecule has 0 radical (unpaired) electrons. The smallest absolute Gasteiger partial charge is 0.0315 e. The zero-order chi connectivity index (χ0) is 12.8. The van der Waals surface area contributed by atoms with Crippen molar-refractivity contribution >= 4 is 0 Å². The predicted octanol–water partition coefficient (Wildman–Crippen LogP) is 2.40. The SMILES string of the molecule is Cc1ccncc1CNC(C)CC1CCCCN1. The van der Waals surface area contributed by atoms with Gasteiger partial charge in [0, 0.05) is 31.0 Å². The topological polar surface area (TPSA) is 37.0 Å². The summed E-state index contributed by atoms with van der Waals surface area (Å²) in [6.07, 6.45) is 9.10. The minimum Gasteiger partial charge on any atom is -0.314 e. The molecule has 1 fully saturated rings. The third-order valence-electron chi connectivity index (χ3n) is 3.84. The van der Waals surface area contributed by atoms with Gasteiger partial charge >= 0.3 is 0 Å². The van der Waals surface area contributed by atoms with E-state index in [0.717, 1.165) is 6.54 Å². The molecule has 1 saturated heterocycles. The molecule has 0 bridgehead atoms. The van der Waals surface area contributed by atoms with E-state index in [1.807, 2.05) is 12.4 Å². The van der Waals surface area contributed by atoms with Gasteiger partial charge in [0.15, 0.2) is 0 Å². The number of aryl methyl sites for hydroxylation is 1. The van der Waals surface area contributed by atoms with Gasteiger partial charge in [0.05, 0.1) is 0 Å². The Morgan fingerprint density at radius 1 is 1.50 bits per heavy atom. The van der Waals surface area contributed by atoms with Crippen LogP contribution in [0.1, 0.15) is 43.7 Å². The van der Waals surface area contributed by atoms with Crippen LogP contribution < -0.4 is 10.6 Å². The summed E-state index contributed by atoms with van der Waals surface area (Å²) in [5.74, 6) is 0. The zero-order valence-corrected chi connectivity index (χ0v) is 11.6. The summed E-state index contributed by atoms with van der Waals surface area (Å²) in [4.78, 5) is 4.19. The maximum absolute atomic E-state index is 4.19. The van der Waals surface area contributed by atoms with Crippen LogP contribution >= 0.6 is 0 Å². The Hall–Kier alpha value is -0.930. The van der Waals surface area contributed by atoms with E-state index in [0.29, 0.717) is 12.1 Å². The van der Waals surface area contributed by atoms with Crippen molar-refractivity contribution in [3.63, 3.8) is 0 Å². The largest absolute Gasteiger partial charge is 0.314 e. The van der Waals surface area contributed by atoms with Crippen LogP contribution in [0, 0.1) is 6.92 Å². The van der Waals surface area contributed by atoms with E-state index in [4.69, 9.17) is 0 Å². The van der Waals surface area contributed by atoms with E-state index in [2.05, 4.69) is 35.5 Å². The van der Waals surface area contributed by atoms with Gasteiger partial charge in [-0.3, -0.25) is 4.98 Å². The van der Waals surface area contributed by atoms with Crippen LogP contribution in [-0.4, -0.2) is 23.6 Å². The van der Waals surface area contributed by atoms with Crippen molar-refractivity contribution in [3.05, 3.63) is 29.6 Å². The first-order chi connectivity index (χ1) is 8.75. The lowest BCUT2D eigenvalue weighted by atomic mass is 9.98. The maximum Gasteiger partial charge on any atom is 0.0315 e. The van der Waals surface area contributed by atoms with E-state index in [-0.39, 0.29) is 0 Å². The highest BCUT2D eigenvalue weighted by atomic mass is 15.0. The van der Waals surface area contributed by atoms with Crippen molar-refractivity contribution in [2.45, 2.75) is 58.2 Å². The Kier molecular flexibility index (Phi) is 5.14. The lowest BCUT2D eigenvalue weighted by molar-refractivity contribution is 0.344. The molecule has 100 valence electrons. The van der Waals surface area contributed by atoms with E-state index < -0.39 is 0 Å². The Morgan fingerprint density at radius 2 is 2.39 bits per heavy atom. The number of pyridine rings is 1. The molecule has 2 atom stereocenters. The summed E-state index contributed by atoms with van der Waals surface area (Å²) in [5, 5.41) is 7.21. The van der Waals surface area contributed by atoms with E-state index in [9.17, 15) is 0 Å². The van der Waals surface area contributed by atoms with Crippen LogP contribution in [0.2, 0.25) is 0 Å². The lowest BCUT2D eigenvalue weighted by Gasteiger charge is -2.26. The standard InChI is InChI=1S/C15H25N3/c1-12-6-8-16-10-14(12)11-18-13(2)9-15-5-3-4-7-17-15/h6,8,10,13,15,17-18H,3-5,7,9,11H2,1-2H3. The molecule has 1 aromatic rings. The average molecular weight is 247 g/mol. The van der Waals surface area contributed by atoms with Crippen LogP contribution in [0.3, 0.4) is 0 Å². The first kappa shape index (κ1) is 13.5. The molecule has 0 saturated carbocycles. The molecule has 1 aromatic heterocycles. The molecular formula is C15H25N3. The third kappa shape index (κ3) is 4.07. The molecular weight excluding hydrogens is 222 g/mol. The highest BCUT2D eigenvalue weighted by Crippen LogP contribution is 2.12. The third-order valence-corrected chi connectivity index (χ3v) is 3.84. The zero-order valence-electron chi connectivity index (χ0n) is 11.6. The second-order valence-electron chi connectivity index (χ2n) is 5.47. The first-order valence-electron chi connectivity index (χ1n) is 7.12. The van der Waals surface area contributed by atoms with Crippen molar-refractivity contribution in [2.75, 3.05) is 6.54 Å². The highest BCUT2D eigenvalue weighted by molar-refractivity contribution is 5.21. The maximum atomic E-state index is 4.19. The van der Waals surface area contributed by atoms with Crippen LogP contribution in [-0.2, 0) is 6.54 Å². The fraction of sp³-hybridized carbons (Fsp3) is 0.667. The lowest BCUT2D eigenvalue weighted by Crippen LogP contribution is -2.39. The molecule has 0 aliphatic carbocycles. The predicted molar refractivity (Wildman–Crippen MR) is 75.5 cm³/mol.